The van der Waals surface area contributed by atoms with E-state index in [2.05, 4.69) is 20.5 Å². The van der Waals surface area contributed by atoms with Crippen LogP contribution in [0.15, 0.2) is 18.3 Å². The van der Waals surface area contributed by atoms with Gasteiger partial charge in [0.15, 0.2) is 5.65 Å². The fourth-order valence-corrected chi connectivity index (χ4v) is 3.26. The first-order valence-corrected chi connectivity index (χ1v) is 7.81. The summed E-state index contributed by atoms with van der Waals surface area (Å²) in [6, 6.07) is 3.68. The van der Waals surface area contributed by atoms with Crippen LogP contribution in [0, 0.1) is 6.92 Å². The molecule has 7 heteroatoms. The van der Waals surface area contributed by atoms with E-state index in [1.165, 1.54) is 0 Å². The number of aryl methyl sites for hydroxylation is 3. The molecule has 0 saturated carbocycles. The molecule has 0 saturated heterocycles. The van der Waals surface area contributed by atoms with Crippen LogP contribution in [0.25, 0.3) is 5.65 Å². The predicted molar refractivity (Wildman–Crippen MR) is 85.5 cm³/mol. The monoisotopic (exact) mass is 310 g/mol. The number of pyridine rings is 1. The standard InChI is InChI=1S/C16H18N6O/c1-10-17-15-13(8-5-9-22(15)19-10)18-16(23)14-11-6-3-4-7-12(11)20-21(14)2/h5,8-9H,3-4,6-7H2,1-2H3,(H,18,23). The number of aromatic nitrogens is 5. The molecule has 23 heavy (non-hydrogen) atoms. The van der Waals surface area contributed by atoms with Crippen LogP contribution >= 0.6 is 0 Å². The highest BCUT2D eigenvalue weighted by molar-refractivity contribution is 6.06. The molecule has 0 aliphatic heterocycles. The maximum absolute atomic E-state index is 12.8. The van der Waals surface area contributed by atoms with Gasteiger partial charge in [0.2, 0.25) is 0 Å². The number of carbonyl (C=O) groups excluding carboxylic acids is 1. The van der Waals surface area contributed by atoms with Crippen LogP contribution in [-0.4, -0.2) is 30.3 Å². The fraction of sp³-hybridized carbons (Fsp3) is 0.375. The van der Waals surface area contributed by atoms with Crippen LogP contribution < -0.4 is 5.32 Å². The Hall–Kier alpha value is -2.70. The maximum Gasteiger partial charge on any atom is 0.274 e. The van der Waals surface area contributed by atoms with Crippen LogP contribution in [0.5, 0.6) is 0 Å². The first-order chi connectivity index (χ1) is 11.1. The average molecular weight is 310 g/mol. The number of carbonyl (C=O) groups is 1. The summed E-state index contributed by atoms with van der Waals surface area (Å²) < 4.78 is 3.37. The van der Waals surface area contributed by atoms with E-state index in [1.807, 2.05) is 32.3 Å². The van der Waals surface area contributed by atoms with Gasteiger partial charge in [0.1, 0.15) is 11.5 Å². The highest BCUT2D eigenvalue weighted by Crippen LogP contribution is 2.25. The molecular formula is C16H18N6O. The molecule has 0 bridgehead atoms. The van der Waals surface area contributed by atoms with Crippen molar-refractivity contribution in [2.75, 3.05) is 5.32 Å². The van der Waals surface area contributed by atoms with Crippen molar-refractivity contribution < 1.29 is 4.79 Å². The lowest BCUT2D eigenvalue weighted by Gasteiger charge is -2.11. The second-order valence-electron chi connectivity index (χ2n) is 5.91. The number of fused-ring (bicyclic) bond motifs is 2. The molecule has 0 radical (unpaired) electrons. The minimum atomic E-state index is -0.142. The van der Waals surface area contributed by atoms with Gasteiger partial charge in [-0.1, -0.05) is 0 Å². The zero-order valence-electron chi connectivity index (χ0n) is 13.2. The number of hydrogen-bond donors (Lipinski definition) is 1. The molecule has 3 aromatic rings. The van der Waals surface area contributed by atoms with Crippen LogP contribution in [-0.2, 0) is 19.9 Å². The highest BCUT2D eigenvalue weighted by atomic mass is 16.2. The molecule has 0 atom stereocenters. The second-order valence-corrected chi connectivity index (χ2v) is 5.91. The van der Waals surface area contributed by atoms with Crippen LogP contribution in [0.1, 0.15) is 40.4 Å². The molecule has 1 aliphatic rings. The smallest absolute Gasteiger partial charge is 0.274 e. The molecule has 1 N–H and O–H groups in total. The van der Waals surface area contributed by atoms with Crippen LogP contribution in [0.2, 0.25) is 0 Å². The quantitative estimate of drug-likeness (QED) is 0.784. The molecule has 0 unspecified atom stereocenters. The molecule has 4 rings (SSSR count). The zero-order valence-corrected chi connectivity index (χ0v) is 13.2. The van der Waals surface area contributed by atoms with Crippen molar-refractivity contribution in [2.24, 2.45) is 7.05 Å². The fourth-order valence-electron chi connectivity index (χ4n) is 3.26. The van der Waals surface area contributed by atoms with E-state index in [0.717, 1.165) is 36.9 Å². The largest absolute Gasteiger partial charge is 0.317 e. The van der Waals surface area contributed by atoms with Crippen molar-refractivity contribution >= 4 is 17.2 Å². The summed E-state index contributed by atoms with van der Waals surface area (Å²) in [5.41, 5.74) is 4.09. The number of nitrogens with one attached hydrogen (secondary N) is 1. The number of amides is 1. The van der Waals surface area contributed by atoms with Gasteiger partial charge in [0.05, 0.1) is 11.4 Å². The molecule has 3 aromatic heterocycles. The van der Waals surface area contributed by atoms with E-state index in [-0.39, 0.29) is 5.91 Å². The third kappa shape index (κ3) is 2.28. The zero-order chi connectivity index (χ0) is 16.0. The van der Waals surface area contributed by atoms with E-state index in [1.54, 1.807) is 9.20 Å². The van der Waals surface area contributed by atoms with Crippen molar-refractivity contribution in [3.8, 4) is 0 Å². The molecule has 1 amide bonds. The van der Waals surface area contributed by atoms with E-state index < -0.39 is 0 Å². The number of anilines is 1. The molecule has 0 spiro atoms. The van der Waals surface area contributed by atoms with Gasteiger partial charge in [0, 0.05) is 18.8 Å². The van der Waals surface area contributed by atoms with Crippen molar-refractivity contribution in [1.29, 1.82) is 0 Å². The summed E-state index contributed by atoms with van der Waals surface area (Å²) in [6.07, 6.45) is 5.94. The molecule has 3 heterocycles. The second kappa shape index (κ2) is 5.19. The van der Waals surface area contributed by atoms with E-state index in [0.29, 0.717) is 22.9 Å². The number of hydrogen-bond acceptors (Lipinski definition) is 4. The lowest BCUT2D eigenvalue weighted by molar-refractivity contribution is 0.101. The van der Waals surface area contributed by atoms with Crippen molar-refractivity contribution in [3.05, 3.63) is 41.1 Å². The van der Waals surface area contributed by atoms with E-state index >= 15 is 0 Å². The highest BCUT2D eigenvalue weighted by Gasteiger charge is 2.24. The summed E-state index contributed by atoms with van der Waals surface area (Å²) in [5, 5.41) is 11.7. The van der Waals surface area contributed by atoms with Gasteiger partial charge >= 0.3 is 0 Å². The van der Waals surface area contributed by atoms with Crippen molar-refractivity contribution in [2.45, 2.75) is 32.6 Å². The third-order valence-electron chi connectivity index (χ3n) is 4.25. The van der Waals surface area contributed by atoms with Gasteiger partial charge in [-0.3, -0.25) is 9.48 Å². The number of nitrogens with zero attached hydrogens (tertiary/aromatic N) is 5. The van der Waals surface area contributed by atoms with Gasteiger partial charge in [-0.05, 0) is 44.7 Å². The van der Waals surface area contributed by atoms with Gasteiger partial charge in [-0.15, -0.1) is 0 Å². The normalized spacial score (nSPS) is 14.0. The Bertz CT molecular complexity index is 907. The molecular weight excluding hydrogens is 292 g/mol. The SMILES string of the molecule is Cc1nc2c(NC(=O)c3c4c(nn3C)CCCC4)cccn2n1. The Morgan fingerprint density at radius 2 is 2.09 bits per heavy atom. The maximum atomic E-state index is 12.8. The van der Waals surface area contributed by atoms with Gasteiger partial charge in [-0.2, -0.15) is 10.2 Å². The Balaban J connectivity index is 1.71. The Kier molecular flexibility index (Phi) is 3.14. The van der Waals surface area contributed by atoms with Crippen molar-refractivity contribution in [1.82, 2.24) is 24.4 Å². The minimum absolute atomic E-state index is 0.142. The first-order valence-electron chi connectivity index (χ1n) is 7.81. The van der Waals surface area contributed by atoms with E-state index in [4.69, 9.17) is 0 Å². The molecule has 0 fully saturated rings. The lowest BCUT2D eigenvalue weighted by Crippen LogP contribution is -2.19. The topological polar surface area (TPSA) is 77.1 Å². The average Bonchev–Trinajstić information content (AvgIpc) is 3.06. The lowest BCUT2D eigenvalue weighted by atomic mass is 9.95. The van der Waals surface area contributed by atoms with E-state index in [9.17, 15) is 4.79 Å². The summed E-state index contributed by atoms with van der Waals surface area (Å²) in [4.78, 5) is 17.2. The third-order valence-corrected chi connectivity index (χ3v) is 4.25. The van der Waals surface area contributed by atoms with Gasteiger partial charge in [-0.25, -0.2) is 9.50 Å². The molecule has 0 aromatic carbocycles. The van der Waals surface area contributed by atoms with Gasteiger partial charge in [0.25, 0.3) is 5.91 Å². The van der Waals surface area contributed by atoms with Crippen molar-refractivity contribution in [3.63, 3.8) is 0 Å². The Morgan fingerprint density at radius 1 is 1.26 bits per heavy atom. The Morgan fingerprint density at radius 3 is 2.96 bits per heavy atom. The first kappa shape index (κ1) is 13.9. The van der Waals surface area contributed by atoms with Crippen LogP contribution in [0.4, 0.5) is 5.69 Å². The van der Waals surface area contributed by atoms with Crippen LogP contribution in [0.3, 0.4) is 0 Å². The molecule has 1 aliphatic carbocycles. The molecule has 118 valence electrons. The minimum Gasteiger partial charge on any atom is -0.317 e. The Labute approximate surface area is 133 Å². The number of rotatable bonds is 2. The summed E-state index contributed by atoms with van der Waals surface area (Å²) >= 11 is 0. The summed E-state index contributed by atoms with van der Waals surface area (Å²) in [7, 11) is 1.83. The van der Waals surface area contributed by atoms with Gasteiger partial charge < -0.3 is 5.32 Å². The predicted octanol–water partition coefficient (Wildman–Crippen LogP) is 1.90. The summed E-state index contributed by atoms with van der Waals surface area (Å²) in [5.74, 6) is 0.529. The summed E-state index contributed by atoms with van der Waals surface area (Å²) in [6.45, 7) is 1.83. The molecule has 7 nitrogen and oxygen atoms in total.